The van der Waals surface area contributed by atoms with Crippen LogP contribution in [0.3, 0.4) is 0 Å². The monoisotopic (exact) mass is 212 g/mol. The van der Waals surface area contributed by atoms with Crippen molar-refractivity contribution in [2.24, 2.45) is 5.73 Å². The standard InChI is InChI=1S/C11H20N2O2/c1-8(10-5-3-7-15-10)13-6-2-4-9(12)11(13)14/h8-10H,2-7,12H2,1H3. The van der Waals surface area contributed by atoms with Crippen LogP contribution in [0.4, 0.5) is 0 Å². The molecule has 4 nitrogen and oxygen atoms in total. The van der Waals surface area contributed by atoms with E-state index in [1.165, 1.54) is 0 Å². The van der Waals surface area contributed by atoms with E-state index >= 15 is 0 Å². The van der Waals surface area contributed by atoms with E-state index in [0.717, 1.165) is 38.8 Å². The summed E-state index contributed by atoms with van der Waals surface area (Å²) in [7, 11) is 0. The lowest BCUT2D eigenvalue weighted by Crippen LogP contribution is -2.54. The number of amides is 1. The quantitative estimate of drug-likeness (QED) is 0.725. The molecule has 2 aliphatic heterocycles. The summed E-state index contributed by atoms with van der Waals surface area (Å²) in [5, 5.41) is 0. The van der Waals surface area contributed by atoms with Gasteiger partial charge in [0.2, 0.25) is 5.91 Å². The molecular formula is C11H20N2O2. The van der Waals surface area contributed by atoms with Gasteiger partial charge in [0.15, 0.2) is 0 Å². The van der Waals surface area contributed by atoms with Gasteiger partial charge in [0.1, 0.15) is 0 Å². The van der Waals surface area contributed by atoms with Crippen molar-refractivity contribution >= 4 is 5.91 Å². The Hall–Kier alpha value is -0.610. The Morgan fingerprint density at radius 2 is 2.27 bits per heavy atom. The molecule has 3 atom stereocenters. The first-order chi connectivity index (χ1) is 7.20. The van der Waals surface area contributed by atoms with E-state index in [1.807, 2.05) is 4.90 Å². The minimum absolute atomic E-state index is 0.101. The third-order valence-electron chi connectivity index (χ3n) is 3.51. The van der Waals surface area contributed by atoms with Crippen molar-refractivity contribution in [3.8, 4) is 0 Å². The molecule has 0 aliphatic carbocycles. The first-order valence-electron chi connectivity index (χ1n) is 5.88. The van der Waals surface area contributed by atoms with E-state index in [0.29, 0.717) is 0 Å². The van der Waals surface area contributed by atoms with Crippen LogP contribution in [0.15, 0.2) is 0 Å². The summed E-state index contributed by atoms with van der Waals surface area (Å²) in [6.45, 7) is 3.75. The molecule has 0 radical (unpaired) electrons. The van der Waals surface area contributed by atoms with Crippen LogP contribution < -0.4 is 5.73 Å². The normalized spacial score (nSPS) is 34.5. The number of nitrogens with two attached hydrogens (primary N) is 1. The highest BCUT2D eigenvalue weighted by Crippen LogP contribution is 2.22. The molecule has 2 heterocycles. The zero-order valence-corrected chi connectivity index (χ0v) is 9.32. The maximum Gasteiger partial charge on any atom is 0.239 e. The molecule has 0 aromatic rings. The van der Waals surface area contributed by atoms with Gasteiger partial charge in [0.05, 0.1) is 18.2 Å². The van der Waals surface area contributed by atoms with Crippen LogP contribution in [-0.4, -0.2) is 42.1 Å². The fourth-order valence-electron chi connectivity index (χ4n) is 2.52. The molecule has 2 aliphatic rings. The van der Waals surface area contributed by atoms with Crippen LogP contribution in [0.5, 0.6) is 0 Å². The zero-order valence-electron chi connectivity index (χ0n) is 9.32. The lowest BCUT2D eigenvalue weighted by atomic mass is 10.0. The lowest BCUT2D eigenvalue weighted by molar-refractivity contribution is -0.140. The molecule has 0 bridgehead atoms. The van der Waals surface area contributed by atoms with E-state index in [9.17, 15) is 4.79 Å². The smallest absolute Gasteiger partial charge is 0.239 e. The molecule has 3 unspecified atom stereocenters. The zero-order chi connectivity index (χ0) is 10.8. The van der Waals surface area contributed by atoms with Crippen molar-refractivity contribution in [3.63, 3.8) is 0 Å². The summed E-state index contributed by atoms with van der Waals surface area (Å²) in [4.78, 5) is 13.8. The second kappa shape index (κ2) is 4.49. The third-order valence-corrected chi connectivity index (χ3v) is 3.51. The Morgan fingerprint density at radius 1 is 1.47 bits per heavy atom. The molecule has 2 fully saturated rings. The summed E-state index contributed by atoms with van der Waals surface area (Å²) in [5.41, 5.74) is 5.77. The van der Waals surface area contributed by atoms with Crippen LogP contribution >= 0.6 is 0 Å². The highest BCUT2D eigenvalue weighted by atomic mass is 16.5. The number of rotatable bonds is 2. The summed E-state index contributed by atoms with van der Waals surface area (Å²) in [6, 6.07) is -0.103. The molecule has 86 valence electrons. The molecular weight excluding hydrogens is 192 g/mol. The van der Waals surface area contributed by atoms with E-state index in [1.54, 1.807) is 0 Å². The highest BCUT2D eigenvalue weighted by molar-refractivity contribution is 5.82. The van der Waals surface area contributed by atoms with Gasteiger partial charge in [-0.2, -0.15) is 0 Å². The average molecular weight is 212 g/mol. The van der Waals surface area contributed by atoms with Crippen molar-refractivity contribution in [3.05, 3.63) is 0 Å². The highest BCUT2D eigenvalue weighted by Gasteiger charge is 2.34. The number of nitrogens with zero attached hydrogens (tertiary/aromatic N) is 1. The van der Waals surface area contributed by atoms with Crippen LogP contribution in [-0.2, 0) is 9.53 Å². The first kappa shape index (κ1) is 10.9. The molecule has 1 amide bonds. The summed E-state index contributed by atoms with van der Waals surface area (Å²) in [5.74, 6) is 0.101. The SMILES string of the molecule is CC(C1CCCO1)N1CCCC(N)C1=O. The topological polar surface area (TPSA) is 55.6 Å². The van der Waals surface area contributed by atoms with Crippen molar-refractivity contribution in [2.45, 2.75) is 50.8 Å². The molecule has 4 heteroatoms. The van der Waals surface area contributed by atoms with Crippen LogP contribution in [0.1, 0.15) is 32.6 Å². The molecule has 2 N–H and O–H groups in total. The Bertz CT molecular complexity index is 239. The number of hydrogen-bond acceptors (Lipinski definition) is 3. The van der Waals surface area contributed by atoms with Gasteiger partial charge in [-0.15, -0.1) is 0 Å². The lowest BCUT2D eigenvalue weighted by Gasteiger charge is -2.37. The first-order valence-corrected chi connectivity index (χ1v) is 5.88. The predicted molar refractivity (Wildman–Crippen MR) is 57.4 cm³/mol. The Kier molecular flexibility index (Phi) is 3.26. The summed E-state index contributed by atoms with van der Waals surface area (Å²) < 4.78 is 5.62. The van der Waals surface area contributed by atoms with Gasteiger partial charge in [-0.3, -0.25) is 4.79 Å². The Balaban J connectivity index is 1.98. The van der Waals surface area contributed by atoms with E-state index in [4.69, 9.17) is 10.5 Å². The Labute approximate surface area is 90.8 Å². The van der Waals surface area contributed by atoms with Gasteiger partial charge in [0, 0.05) is 13.2 Å². The van der Waals surface area contributed by atoms with E-state index in [-0.39, 0.29) is 24.1 Å². The molecule has 0 spiro atoms. The summed E-state index contributed by atoms with van der Waals surface area (Å²) in [6.07, 6.45) is 4.25. The second-order valence-corrected chi connectivity index (χ2v) is 4.57. The minimum atomic E-state index is -0.289. The largest absolute Gasteiger partial charge is 0.376 e. The average Bonchev–Trinajstić information content (AvgIpc) is 2.74. The maximum absolute atomic E-state index is 11.9. The molecule has 0 aromatic heterocycles. The van der Waals surface area contributed by atoms with Gasteiger partial charge >= 0.3 is 0 Å². The van der Waals surface area contributed by atoms with Crippen molar-refractivity contribution in [1.82, 2.24) is 4.90 Å². The fourth-order valence-corrected chi connectivity index (χ4v) is 2.52. The van der Waals surface area contributed by atoms with Gasteiger partial charge < -0.3 is 15.4 Å². The van der Waals surface area contributed by atoms with E-state index in [2.05, 4.69) is 6.92 Å². The van der Waals surface area contributed by atoms with Gasteiger partial charge in [-0.05, 0) is 32.6 Å². The molecule has 0 aromatic carbocycles. The number of carbonyl (C=O) groups is 1. The second-order valence-electron chi connectivity index (χ2n) is 4.57. The van der Waals surface area contributed by atoms with Crippen LogP contribution in [0.25, 0.3) is 0 Å². The number of piperidine rings is 1. The maximum atomic E-state index is 11.9. The fraction of sp³-hybridized carbons (Fsp3) is 0.909. The van der Waals surface area contributed by atoms with Crippen LogP contribution in [0.2, 0.25) is 0 Å². The van der Waals surface area contributed by atoms with Crippen molar-refractivity contribution in [1.29, 1.82) is 0 Å². The molecule has 2 saturated heterocycles. The third kappa shape index (κ3) is 2.16. The molecule has 2 rings (SSSR count). The summed E-state index contributed by atoms with van der Waals surface area (Å²) >= 11 is 0. The number of ether oxygens (including phenoxy) is 1. The van der Waals surface area contributed by atoms with Crippen molar-refractivity contribution in [2.75, 3.05) is 13.2 Å². The number of hydrogen-bond donors (Lipinski definition) is 1. The van der Waals surface area contributed by atoms with Gasteiger partial charge in [-0.1, -0.05) is 0 Å². The van der Waals surface area contributed by atoms with Gasteiger partial charge in [0.25, 0.3) is 0 Å². The Morgan fingerprint density at radius 3 is 2.93 bits per heavy atom. The predicted octanol–water partition coefficient (Wildman–Crippen LogP) is 0.504. The van der Waals surface area contributed by atoms with Crippen molar-refractivity contribution < 1.29 is 9.53 Å². The van der Waals surface area contributed by atoms with Gasteiger partial charge in [-0.25, -0.2) is 0 Å². The van der Waals surface area contributed by atoms with E-state index < -0.39 is 0 Å². The number of carbonyl (C=O) groups excluding carboxylic acids is 1. The molecule has 0 saturated carbocycles. The van der Waals surface area contributed by atoms with Crippen LogP contribution in [0, 0.1) is 0 Å². The number of likely N-dealkylation sites (tertiary alicyclic amines) is 1. The molecule has 15 heavy (non-hydrogen) atoms. The minimum Gasteiger partial charge on any atom is -0.376 e.